The first-order valence-corrected chi connectivity index (χ1v) is 9.33. The lowest BCUT2D eigenvalue weighted by Gasteiger charge is -2.12. The Labute approximate surface area is 155 Å². The largest absolute Gasteiger partial charge is 0.489 e. The molecule has 1 N–H and O–H groups in total. The lowest BCUT2D eigenvalue weighted by atomic mass is 10.3. The van der Waals surface area contributed by atoms with Crippen molar-refractivity contribution in [1.29, 1.82) is 0 Å². The number of fused-ring (bicyclic) bond motifs is 1. The number of nitrogens with one attached hydrogen (secondary N) is 1. The van der Waals surface area contributed by atoms with Crippen molar-refractivity contribution in [1.82, 2.24) is 15.0 Å². The van der Waals surface area contributed by atoms with E-state index in [9.17, 15) is 4.21 Å². The summed E-state index contributed by atoms with van der Waals surface area (Å²) in [6.45, 7) is -0.0895. The number of pyridine rings is 1. The molecule has 3 aromatic rings. The van der Waals surface area contributed by atoms with Gasteiger partial charge in [0, 0.05) is 12.3 Å². The van der Waals surface area contributed by atoms with Gasteiger partial charge >= 0.3 is 0 Å². The number of imidazole rings is 1. The van der Waals surface area contributed by atoms with Crippen LogP contribution >= 0.6 is 34.8 Å². The number of hydrogen-bond acceptors (Lipinski definition) is 4. The standard InChI is InChI=1S/C15H12Cl3N3O2S/c16-15(17,18)9-23-11-5-6-19-10(7-11)8-24(22)14-20-12-3-1-2-4-13(12)21-14/h1-7H,8-9H2,(H,20,21). The Kier molecular flexibility index (Phi) is 5.30. The molecular weight excluding hydrogens is 393 g/mol. The second-order valence-electron chi connectivity index (χ2n) is 4.94. The molecule has 5 nitrogen and oxygen atoms in total. The molecule has 0 amide bonds. The highest BCUT2D eigenvalue weighted by atomic mass is 35.6. The van der Waals surface area contributed by atoms with Crippen molar-refractivity contribution >= 4 is 56.6 Å². The van der Waals surface area contributed by atoms with Gasteiger partial charge < -0.3 is 9.72 Å². The first-order chi connectivity index (χ1) is 11.4. The third-order valence-electron chi connectivity index (χ3n) is 3.05. The van der Waals surface area contributed by atoms with E-state index >= 15 is 0 Å². The fraction of sp³-hybridized carbons (Fsp3) is 0.200. The van der Waals surface area contributed by atoms with Crippen LogP contribution in [0.4, 0.5) is 0 Å². The molecule has 0 bridgehead atoms. The van der Waals surface area contributed by atoms with Gasteiger partial charge in [-0.2, -0.15) is 0 Å². The Hall–Kier alpha value is -1.34. The molecule has 3 rings (SSSR count). The molecule has 1 unspecified atom stereocenters. The number of halogens is 3. The lowest BCUT2D eigenvalue weighted by Crippen LogP contribution is -2.15. The van der Waals surface area contributed by atoms with Gasteiger partial charge in [-0.15, -0.1) is 0 Å². The first-order valence-electron chi connectivity index (χ1n) is 6.88. The van der Waals surface area contributed by atoms with E-state index in [0.717, 1.165) is 11.0 Å². The minimum Gasteiger partial charge on any atom is -0.489 e. The van der Waals surface area contributed by atoms with Gasteiger partial charge in [-0.3, -0.25) is 9.19 Å². The van der Waals surface area contributed by atoms with Gasteiger partial charge in [0.15, 0.2) is 5.16 Å². The predicted molar refractivity (Wildman–Crippen MR) is 96.2 cm³/mol. The minimum absolute atomic E-state index is 0.0895. The fourth-order valence-electron chi connectivity index (χ4n) is 2.03. The molecule has 0 aliphatic carbocycles. The molecular formula is C15H12Cl3N3O2S. The number of para-hydroxylation sites is 2. The summed E-state index contributed by atoms with van der Waals surface area (Å²) < 4.78 is 16.4. The number of alkyl halides is 3. The van der Waals surface area contributed by atoms with Gasteiger partial charge in [-0.05, 0) is 18.2 Å². The highest BCUT2D eigenvalue weighted by Gasteiger charge is 2.20. The average molecular weight is 405 g/mol. The monoisotopic (exact) mass is 403 g/mol. The molecule has 126 valence electrons. The van der Waals surface area contributed by atoms with Crippen molar-refractivity contribution in [3.05, 3.63) is 48.3 Å². The van der Waals surface area contributed by atoms with Crippen molar-refractivity contribution in [3.63, 3.8) is 0 Å². The Morgan fingerprint density at radius 3 is 2.75 bits per heavy atom. The van der Waals surface area contributed by atoms with Gasteiger partial charge in [0.25, 0.3) is 0 Å². The summed E-state index contributed by atoms with van der Waals surface area (Å²) >= 11 is 17.0. The summed E-state index contributed by atoms with van der Waals surface area (Å²) in [6, 6.07) is 10.8. The van der Waals surface area contributed by atoms with Crippen molar-refractivity contribution in [3.8, 4) is 5.75 Å². The van der Waals surface area contributed by atoms with Crippen LogP contribution in [0.2, 0.25) is 0 Å². The summed E-state index contributed by atoms with van der Waals surface area (Å²) in [6.07, 6.45) is 1.55. The third kappa shape index (κ3) is 4.60. The van der Waals surface area contributed by atoms with Crippen LogP contribution in [0.15, 0.2) is 47.8 Å². The summed E-state index contributed by atoms with van der Waals surface area (Å²) in [5.41, 5.74) is 2.21. The minimum atomic E-state index is -1.50. The van der Waals surface area contributed by atoms with Gasteiger partial charge in [0.1, 0.15) is 12.4 Å². The quantitative estimate of drug-likeness (QED) is 0.652. The number of H-pyrrole nitrogens is 1. The van der Waals surface area contributed by atoms with E-state index < -0.39 is 14.6 Å². The second kappa shape index (κ2) is 7.27. The molecule has 0 saturated heterocycles. The third-order valence-corrected chi connectivity index (χ3v) is 4.56. The molecule has 0 saturated carbocycles. The number of rotatable bonds is 5. The Bertz CT molecular complexity index is 847. The molecule has 24 heavy (non-hydrogen) atoms. The van der Waals surface area contributed by atoms with Crippen molar-refractivity contribution in [2.24, 2.45) is 0 Å². The molecule has 2 aromatic heterocycles. The van der Waals surface area contributed by atoms with E-state index in [1.807, 2.05) is 24.3 Å². The van der Waals surface area contributed by atoms with Crippen LogP contribution < -0.4 is 4.74 Å². The number of benzene rings is 1. The van der Waals surface area contributed by atoms with Crippen LogP contribution in [0.25, 0.3) is 11.0 Å². The fourth-order valence-corrected chi connectivity index (χ4v) is 3.18. The predicted octanol–water partition coefficient (Wildman–Crippen LogP) is 4.01. The molecule has 0 fully saturated rings. The summed E-state index contributed by atoms with van der Waals surface area (Å²) in [4.78, 5) is 11.6. The number of hydrogen-bond donors (Lipinski definition) is 1. The van der Waals surface area contributed by atoms with Crippen LogP contribution in [0, 0.1) is 0 Å². The molecule has 0 aliphatic heterocycles. The topological polar surface area (TPSA) is 67.9 Å². The highest BCUT2D eigenvalue weighted by molar-refractivity contribution is 7.84. The number of aromatic nitrogens is 3. The normalized spacial score (nSPS) is 13.1. The van der Waals surface area contributed by atoms with E-state index in [1.54, 1.807) is 18.3 Å². The van der Waals surface area contributed by atoms with E-state index in [0.29, 0.717) is 16.6 Å². The SMILES string of the molecule is O=S(Cc1cc(OCC(Cl)(Cl)Cl)ccn1)c1nc2ccccc2[nH]1. The van der Waals surface area contributed by atoms with Crippen LogP contribution in [-0.4, -0.2) is 29.6 Å². The highest BCUT2D eigenvalue weighted by Crippen LogP contribution is 2.27. The van der Waals surface area contributed by atoms with Gasteiger partial charge in [0.2, 0.25) is 3.79 Å². The second-order valence-corrected chi connectivity index (χ2v) is 8.82. The maximum atomic E-state index is 12.5. The maximum absolute atomic E-state index is 12.5. The number of ether oxygens (including phenoxy) is 1. The zero-order chi connectivity index (χ0) is 17.2. The molecule has 0 aliphatic rings. The van der Waals surface area contributed by atoms with E-state index in [1.165, 1.54) is 0 Å². The van der Waals surface area contributed by atoms with Crippen molar-refractivity contribution < 1.29 is 8.95 Å². The van der Waals surface area contributed by atoms with Gasteiger partial charge in [0.05, 0.1) is 33.3 Å². The molecule has 2 heterocycles. The maximum Gasteiger partial charge on any atom is 0.223 e. The Morgan fingerprint density at radius 2 is 2.00 bits per heavy atom. The first kappa shape index (κ1) is 17.5. The molecule has 1 atom stereocenters. The summed E-state index contributed by atoms with van der Waals surface area (Å²) in [7, 11) is -1.36. The molecule has 9 heteroatoms. The zero-order valence-electron chi connectivity index (χ0n) is 12.2. The summed E-state index contributed by atoms with van der Waals surface area (Å²) in [5, 5.41) is 0.408. The van der Waals surface area contributed by atoms with Crippen LogP contribution in [-0.2, 0) is 16.6 Å². The van der Waals surface area contributed by atoms with Gasteiger partial charge in [-0.25, -0.2) is 4.98 Å². The smallest absolute Gasteiger partial charge is 0.223 e. The lowest BCUT2D eigenvalue weighted by molar-refractivity contribution is 0.325. The molecule has 0 radical (unpaired) electrons. The van der Waals surface area contributed by atoms with Crippen LogP contribution in [0.5, 0.6) is 5.75 Å². The van der Waals surface area contributed by atoms with E-state index in [4.69, 9.17) is 39.5 Å². The van der Waals surface area contributed by atoms with Gasteiger partial charge in [-0.1, -0.05) is 46.9 Å². The van der Waals surface area contributed by atoms with Crippen LogP contribution in [0.1, 0.15) is 5.69 Å². The Morgan fingerprint density at radius 1 is 1.21 bits per heavy atom. The average Bonchev–Trinajstić information content (AvgIpc) is 2.97. The van der Waals surface area contributed by atoms with Crippen molar-refractivity contribution in [2.45, 2.75) is 14.7 Å². The van der Waals surface area contributed by atoms with Crippen LogP contribution in [0.3, 0.4) is 0 Å². The Balaban J connectivity index is 1.72. The van der Waals surface area contributed by atoms with E-state index in [2.05, 4.69) is 15.0 Å². The van der Waals surface area contributed by atoms with Crippen molar-refractivity contribution in [2.75, 3.05) is 6.61 Å². The number of aromatic amines is 1. The van der Waals surface area contributed by atoms with E-state index in [-0.39, 0.29) is 12.4 Å². The number of nitrogens with zero attached hydrogens (tertiary/aromatic N) is 2. The summed E-state index contributed by atoms with van der Waals surface area (Å²) in [5.74, 6) is 0.693. The molecule has 1 aromatic carbocycles. The molecule has 0 spiro atoms. The zero-order valence-corrected chi connectivity index (χ0v) is 15.3.